The Bertz CT molecular complexity index is 513. The molecule has 100 valence electrons. The fourth-order valence-corrected chi connectivity index (χ4v) is 3.37. The molecule has 4 heteroatoms. The summed E-state index contributed by atoms with van der Waals surface area (Å²) in [5, 5.41) is 8.85. The van der Waals surface area contributed by atoms with Crippen LogP contribution in [-0.2, 0) is 4.79 Å². The van der Waals surface area contributed by atoms with Crippen molar-refractivity contribution in [3.05, 3.63) is 29.8 Å². The number of anilines is 1. The number of fused-ring (bicyclic) bond motifs is 1. The van der Waals surface area contributed by atoms with E-state index in [4.69, 9.17) is 5.11 Å². The number of nitrogens with zero attached hydrogens (tertiary/aromatic N) is 1. The first-order chi connectivity index (χ1) is 9.09. The maximum absolute atomic E-state index is 12.3. The van der Waals surface area contributed by atoms with Gasteiger partial charge in [-0.05, 0) is 48.9 Å². The van der Waals surface area contributed by atoms with Crippen molar-refractivity contribution in [3.8, 4) is 0 Å². The molecule has 1 N–H and O–H groups in total. The van der Waals surface area contributed by atoms with Gasteiger partial charge in [-0.1, -0.05) is 6.42 Å². The zero-order chi connectivity index (χ0) is 13.6. The molecule has 3 rings (SSSR count). The molecule has 1 amide bonds. The normalized spacial score (nSPS) is 27.7. The summed E-state index contributed by atoms with van der Waals surface area (Å²) in [6, 6.07) is 6.46. The first kappa shape index (κ1) is 12.2. The fourth-order valence-electron chi connectivity index (χ4n) is 3.37. The number of carboxylic acid groups (broad SMARTS) is 1. The van der Waals surface area contributed by atoms with Gasteiger partial charge in [0.25, 0.3) is 0 Å². The van der Waals surface area contributed by atoms with Crippen LogP contribution in [0, 0.1) is 17.8 Å². The van der Waals surface area contributed by atoms with Gasteiger partial charge in [0.2, 0.25) is 5.91 Å². The first-order valence-corrected chi connectivity index (χ1v) is 6.70. The summed E-state index contributed by atoms with van der Waals surface area (Å²) in [5.74, 6) is 0.648. The van der Waals surface area contributed by atoms with E-state index in [-0.39, 0.29) is 17.4 Å². The van der Waals surface area contributed by atoms with Crippen molar-refractivity contribution in [2.45, 2.75) is 19.3 Å². The molecule has 4 nitrogen and oxygen atoms in total. The molecular weight excluding hydrogens is 242 g/mol. The van der Waals surface area contributed by atoms with Crippen molar-refractivity contribution >= 4 is 17.6 Å². The van der Waals surface area contributed by atoms with Crippen LogP contribution in [0.1, 0.15) is 29.6 Å². The minimum atomic E-state index is -0.947. The van der Waals surface area contributed by atoms with Gasteiger partial charge in [0.1, 0.15) is 0 Å². The minimum Gasteiger partial charge on any atom is -0.478 e. The van der Waals surface area contributed by atoms with Gasteiger partial charge >= 0.3 is 5.97 Å². The Kier molecular flexibility index (Phi) is 2.81. The van der Waals surface area contributed by atoms with E-state index in [1.165, 1.54) is 31.4 Å². The average Bonchev–Trinajstić information content (AvgIpc) is 2.89. The molecule has 0 saturated heterocycles. The van der Waals surface area contributed by atoms with E-state index < -0.39 is 5.97 Å². The van der Waals surface area contributed by atoms with Crippen LogP contribution in [-0.4, -0.2) is 24.0 Å². The number of amides is 1. The van der Waals surface area contributed by atoms with Crippen LogP contribution >= 0.6 is 0 Å². The summed E-state index contributed by atoms with van der Waals surface area (Å²) in [4.78, 5) is 24.8. The predicted octanol–water partition coefficient (Wildman–Crippen LogP) is 2.39. The molecule has 0 spiro atoms. The van der Waals surface area contributed by atoms with E-state index in [1.807, 2.05) is 0 Å². The predicted molar refractivity (Wildman–Crippen MR) is 71.1 cm³/mol. The lowest BCUT2D eigenvalue weighted by atomic mass is 10.1. The molecule has 1 aromatic carbocycles. The number of rotatable bonds is 3. The molecule has 0 aromatic heterocycles. The van der Waals surface area contributed by atoms with Gasteiger partial charge in [-0.25, -0.2) is 4.79 Å². The smallest absolute Gasteiger partial charge is 0.335 e. The molecule has 0 bridgehead atoms. The van der Waals surface area contributed by atoms with Crippen LogP contribution < -0.4 is 4.90 Å². The van der Waals surface area contributed by atoms with Crippen molar-refractivity contribution in [2.24, 2.45) is 17.8 Å². The number of aromatic carboxylic acids is 1. The van der Waals surface area contributed by atoms with Crippen molar-refractivity contribution < 1.29 is 14.7 Å². The first-order valence-electron chi connectivity index (χ1n) is 6.70. The highest BCUT2D eigenvalue weighted by Crippen LogP contribution is 2.58. The van der Waals surface area contributed by atoms with Gasteiger partial charge in [-0.3, -0.25) is 4.79 Å². The van der Waals surface area contributed by atoms with Crippen molar-refractivity contribution in [1.29, 1.82) is 0 Å². The Labute approximate surface area is 112 Å². The summed E-state index contributed by atoms with van der Waals surface area (Å²) in [7, 11) is 1.77. The third-order valence-electron chi connectivity index (χ3n) is 4.52. The Hall–Kier alpha value is -1.84. The quantitative estimate of drug-likeness (QED) is 0.906. The second kappa shape index (κ2) is 4.37. The van der Waals surface area contributed by atoms with Gasteiger partial charge in [0.15, 0.2) is 0 Å². The maximum atomic E-state index is 12.3. The molecule has 19 heavy (non-hydrogen) atoms. The number of benzene rings is 1. The highest BCUT2D eigenvalue weighted by Gasteiger charge is 2.57. The molecule has 2 saturated carbocycles. The standard InChI is InChI=1S/C15H17NO3/c1-16(10-7-5-9(6-8-10)15(18)19)14(17)13-11-3-2-4-12(11)13/h5-8,11-13H,2-4H2,1H3,(H,18,19). The largest absolute Gasteiger partial charge is 0.478 e. The summed E-state index contributed by atoms with van der Waals surface area (Å²) in [6.07, 6.45) is 3.63. The van der Waals surface area contributed by atoms with Crippen LogP contribution in [0.4, 0.5) is 5.69 Å². The molecule has 0 heterocycles. The van der Waals surface area contributed by atoms with Gasteiger partial charge in [0, 0.05) is 18.7 Å². The van der Waals surface area contributed by atoms with Crippen molar-refractivity contribution in [1.82, 2.24) is 0 Å². The second-order valence-electron chi connectivity index (χ2n) is 5.53. The zero-order valence-electron chi connectivity index (χ0n) is 10.9. The SMILES string of the molecule is CN(C(=O)C1C2CCCC21)c1ccc(C(=O)O)cc1. The highest BCUT2D eigenvalue weighted by atomic mass is 16.4. The molecule has 2 aliphatic carbocycles. The highest BCUT2D eigenvalue weighted by molar-refractivity contribution is 5.97. The molecular formula is C15H17NO3. The number of carbonyl (C=O) groups excluding carboxylic acids is 1. The Balaban J connectivity index is 1.71. The molecule has 0 aliphatic heterocycles. The molecule has 2 atom stereocenters. The van der Waals surface area contributed by atoms with Crippen LogP contribution in [0.3, 0.4) is 0 Å². The fraction of sp³-hybridized carbons (Fsp3) is 0.467. The second-order valence-corrected chi connectivity index (χ2v) is 5.53. The summed E-state index contributed by atoms with van der Waals surface area (Å²) >= 11 is 0. The van der Waals surface area contributed by atoms with Crippen molar-refractivity contribution in [3.63, 3.8) is 0 Å². The van der Waals surface area contributed by atoms with E-state index in [9.17, 15) is 9.59 Å². The number of carbonyl (C=O) groups is 2. The number of hydrogen-bond acceptors (Lipinski definition) is 2. The van der Waals surface area contributed by atoms with Gasteiger partial charge < -0.3 is 10.0 Å². The monoisotopic (exact) mass is 259 g/mol. The molecule has 2 aliphatic rings. The molecule has 2 fully saturated rings. The maximum Gasteiger partial charge on any atom is 0.335 e. The Morgan fingerprint density at radius 3 is 2.26 bits per heavy atom. The molecule has 0 radical (unpaired) electrons. The molecule has 1 aromatic rings. The van der Waals surface area contributed by atoms with E-state index in [0.717, 1.165) is 5.69 Å². The van der Waals surface area contributed by atoms with Gasteiger partial charge in [-0.2, -0.15) is 0 Å². The van der Waals surface area contributed by atoms with Crippen LogP contribution in [0.5, 0.6) is 0 Å². The van der Waals surface area contributed by atoms with Gasteiger partial charge in [0.05, 0.1) is 5.56 Å². The lowest BCUT2D eigenvalue weighted by Gasteiger charge is -2.18. The lowest BCUT2D eigenvalue weighted by Crippen LogP contribution is -2.29. The van der Waals surface area contributed by atoms with Crippen molar-refractivity contribution in [2.75, 3.05) is 11.9 Å². The Morgan fingerprint density at radius 1 is 1.16 bits per heavy atom. The third kappa shape index (κ3) is 2.01. The van der Waals surface area contributed by atoms with Crippen LogP contribution in [0.25, 0.3) is 0 Å². The lowest BCUT2D eigenvalue weighted by molar-refractivity contribution is -0.120. The summed E-state index contributed by atoms with van der Waals surface area (Å²) in [6.45, 7) is 0. The van der Waals surface area contributed by atoms with E-state index in [0.29, 0.717) is 11.8 Å². The van der Waals surface area contributed by atoms with Gasteiger partial charge in [-0.15, -0.1) is 0 Å². The summed E-state index contributed by atoms with van der Waals surface area (Å²) in [5.41, 5.74) is 1.01. The van der Waals surface area contributed by atoms with Crippen LogP contribution in [0.15, 0.2) is 24.3 Å². The number of carboxylic acids is 1. The van der Waals surface area contributed by atoms with E-state index >= 15 is 0 Å². The number of hydrogen-bond donors (Lipinski definition) is 1. The zero-order valence-corrected chi connectivity index (χ0v) is 10.9. The average molecular weight is 259 g/mol. The van der Waals surface area contributed by atoms with E-state index in [2.05, 4.69) is 0 Å². The summed E-state index contributed by atoms with van der Waals surface area (Å²) < 4.78 is 0. The third-order valence-corrected chi connectivity index (χ3v) is 4.52. The van der Waals surface area contributed by atoms with Crippen LogP contribution in [0.2, 0.25) is 0 Å². The van der Waals surface area contributed by atoms with E-state index in [1.54, 1.807) is 24.1 Å². The Morgan fingerprint density at radius 2 is 1.74 bits per heavy atom. The minimum absolute atomic E-state index is 0.178. The molecule has 2 unspecified atom stereocenters. The topological polar surface area (TPSA) is 57.6 Å².